The van der Waals surface area contributed by atoms with Gasteiger partial charge in [-0.3, -0.25) is 9.69 Å². The molecule has 1 N–H and O–H groups in total. The van der Waals surface area contributed by atoms with E-state index >= 15 is 0 Å². The van der Waals surface area contributed by atoms with Crippen LogP contribution in [0.4, 0.5) is 23.7 Å². The first-order chi connectivity index (χ1) is 10.8. The summed E-state index contributed by atoms with van der Waals surface area (Å²) in [7, 11) is 0. The molecule has 23 heavy (non-hydrogen) atoms. The quantitative estimate of drug-likeness (QED) is 0.924. The van der Waals surface area contributed by atoms with Gasteiger partial charge in [0.2, 0.25) is 5.91 Å². The highest BCUT2D eigenvalue weighted by molar-refractivity contribution is 5.90. The number of alkyl halides is 3. The number of carbonyl (C=O) groups is 2. The van der Waals surface area contributed by atoms with Gasteiger partial charge in [0.25, 0.3) is 0 Å². The van der Waals surface area contributed by atoms with E-state index in [1.54, 1.807) is 0 Å². The van der Waals surface area contributed by atoms with E-state index < -0.39 is 23.9 Å². The van der Waals surface area contributed by atoms with Gasteiger partial charge >= 0.3 is 12.3 Å². The van der Waals surface area contributed by atoms with Gasteiger partial charge in [-0.15, -0.1) is 0 Å². The number of carbonyl (C=O) groups excluding carboxylic acids is 2. The number of benzene rings is 1. The van der Waals surface area contributed by atoms with Crippen molar-refractivity contribution in [2.24, 2.45) is 5.92 Å². The molecule has 1 aliphatic heterocycles. The third-order valence-electron chi connectivity index (χ3n) is 3.81. The number of nitrogens with one attached hydrogen (secondary N) is 1. The standard InChI is InChI=1S/C15H15F3N2O3/c16-15(17,18)10-2-1-3-11(6-10)20-8-12(23-14(20)22)7-19-13(21)9-4-5-9/h1-3,6,9,12H,4-5,7-8H2,(H,19,21). The Hall–Kier alpha value is -2.25. The summed E-state index contributed by atoms with van der Waals surface area (Å²) >= 11 is 0. The number of nitrogens with zero attached hydrogens (tertiary/aromatic N) is 1. The minimum absolute atomic E-state index is 0.0478. The second-order valence-corrected chi connectivity index (χ2v) is 5.68. The number of ether oxygens (including phenoxy) is 1. The molecule has 8 heteroatoms. The van der Waals surface area contributed by atoms with Crippen LogP contribution in [0.25, 0.3) is 0 Å². The summed E-state index contributed by atoms with van der Waals surface area (Å²) in [6.07, 6.45) is -4.02. The molecule has 1 unspecified atom stereocenters. The molecule has 1 atom stereocenters. The van der Waals surface area contributed by atoms with Crippen molar-refractivity contribution in [3.63, 3.8) is 0 Å². The summed E-state index contributed by atoms with van der Waals surface area (Å²) in [5.41, 5.74) is -0.700. The largest absolute Gasteiger partial charge is 0.442 e. The van der Waals surface area contributed by atoms with Gasteiger partial charge in [0.05, 0.1) is 18.7 Å². The molecule has 2 fully saturated rings. The van der Waals surface area contributed by atoms with Crippen molar-refractivity contribution in [3.8, 4) is 0 Å². The second kappa shape index (κ2) is 5.75. The van der Waals surface area contributed by atoms with E-state index in [9.17, 15) is 22.8 Å². The lowest BCUT2D eigenvalue weighted by Crippen LogP contribution is -2.35. The molecule has 3 rings (SSSR count). The fraction of sp³-hybridized carbons (Fsp3) is 0.467. The van der Waals surface area contributed by atoms with E-state index in [-0.39, 0.29) is 30.6 Å². The van der Waals surface area contributed by atoms with E-state index in [2.05, 4.69) is 5.32 Å². The third kappa shape index (κ3) is 3.57. The summed E-state index contributed by atoms with van der Waals surface area (Å²) in [5, 5.41) is 2.69. The zero-order valence-corrected chi connectivity index (χ0v) is 12.1. The van der Waals surface area contributed by atoms with Gasteiger partial charge in [0.15, 0.2) is 0 Å². The number of anilines is 1. The van der Waals surface area contributed by atoms with Crippen molar-refractivity contribution in [2.75, 3.05) is 18.0 Å². The molecule has 1 saturated carbocycles. The Kier molecular flexibility index (Phi) is 3.91. The topological polar surface area (TPSA) is 58.6 Å². The van der Waals surface area contributed by atoms with Gasteiger partial charge in [-0.2, -0.15) is 13.2 Å². The molecule has 1 heterocycles. The van der Waals surface area contributed by atoms with Gasteiger partial charge < -0.3 is 10.1 Å². The number of cyclic esters (lactones) is 1. The first kappa shape index (κ1) is 15.6. The van der Waals surface area contributed by atoms with Gasteiger partial charge in [-0.25, -0.2) is 4.79 Å². The average molecular weight is 328 g/mol. The maximum Gasteiger partial charge on any atom is 0.416 e. The predicted molar refractivity (Wildman–Crippen MR) is 74.8 cm³/mol. The Morgan fingerprint density at radius 1 is 1.35 bits per heavy atom. The molecule has 1 aliphatic carbocycles. The van der Waals surface area contributed by atoms with Crippen LogP contribution in [0.1, 0.15) is 18.4 Å². The van der Waals surface area contributed by atoms with E-state index in [4.69, 9.17) is 4.74 Å². The lowest BCUT2D eigenvalue weighted by atomic mass is 10.2. The van der Waals surface area contributed by atoms with Crippen LogP contribution in [0.5, 0.6) is 0 Å². The molecule has 5 nitrogen and oxygen atoms in total. The highest BCUT2D eigenvalue weighted by atomic mass is 19.4. The highest BCUT2D eigenvalue weighted by Crippen LogP contribution is 2.33. The monoisotopic (exact) mass is 328 g/mol. The van der Waals surface area contributed by atoms with Gasteiger partial charge in [0.1, 0.15) is 6.10 Å². The van der Waals surface area contributed by atoms with Crippen LogP contribution < -0.4 is 10.2 Å². The molecular weight excluding hydrogens is 313 g/mol. The fourth-order valence-corrected chi connectivity index (χ4v) is 2.39. The van der Waals surface area contributed by atoms with Gasteiger partial charge in [-0.05, 0) is 31.0 Å². The van der Waals surface area contributed by atoms with Crippen molar-refractivity contribution in [2.45, 2.75) is 25.1 Å². The van der Waals surface area contributed by atoms with E-state index in [0.717, 1.165) is 29.9 Å². The molecular formula is C15H15F3N2O3. The van der Waals surface area contributed by atoms with Crippen LogP contribution >= 0.6 is 0 Å². The van der Waals surface area contributed by atoms with Crippen molar-refractivity contribution >= 4 is 17.7 Å². The molecule has 1 aromatic carbocycles. The molecule has 0 spiro atoms. The van der Waals surface area contributed by atoms with E-state index in [1.807, 2.05) is 0 Å². The Labute approximate surface area is 130 Å². The Balaban J connectivity index is 1.64. The zero-order chi connectivity index (χ0) is 16.6. The number of hydrogen-bond acceptors (Lipinski definition) is 3. The Morgan fingerprint density at radius 3 is 2.74 bits per heavy atom. The lowest BCUT2D eigenvalue weighted by Gasteiger charge is -2.15. The SMILES string of the molecule is O=C(NCC1CN(c2cccc(C(F)(F)F)c2)C(=O)O1)C1CC1. The molecule has 2 amide bonds. The van der Waals surface area contributed by atoms with Crippen molar-refractivity contribution in [3.05, 3.63) is 29.8 Å². The smallest absolute Gasteiger partial charge is 0.416 e. The van der Waals surface area contributed by atoms with Crippen LogP contribution in [0.2, 0.25) is 0 Å². The summed E-state index contributed by atoms with van der Waals surface area (Å²) in [6, 6.07) is 4.51. The fourth-order valence-electron chi connectivity index (χ4n) is 2.39. The predicted octanol–water partition coefficient (Wildman–Crippen LogP) is 2.56. The van der Waals surface area contributed by atoms with Crippen LogP contribution in [-0.4, -0.2) is 31.2 Å². The minimum atomic E-state index is -4.47. The average Bonchev–Trinajstić information content (AvgIpc) is 3.28. The van der Waals surface area contributed by atoms with Crippen molar-refractivity contribution in [1.82, 2.24) is 5.32 Å². The normalized spacial score (nSPS) is 21.3. The Morgan fingerprint density at radius 2 is 2.09 bits per heavy atom. The first-order valence-corrected chi connectivity index (χ1v) is 7.28. The number of amides is 2. The molecule has 124 valence electrons. The number of halogens is 3. The summed E-state index contributed by atoms with van der Waals surface area (Å²) in [5.74, 6) is -0.0229. The lowest BCUT2D eigenvalue weighted by molar-refractivity contribution is -0.137. The minimum Gasteiger partial charge on any atom is -0.442 e. The molecule has 0 bridgehead atoms. The van der Waals surface area contributed by atoms with Crippen LogP contribution in [0.15, 0.2) is 24.3 Å². The maximum atomic E-state index is 12.7. The molecule has 1 aromatic rings. The van der Waals surface area contributed by atoms with Crippen LogP contribution in [0, 0.1) is 5.92 Å². The van der Waals surface area contributed by atoms with Gasteiger partial charge in [0, 0.05) is 11.6 Å². The second-order valence-electron chi connectivity index (χ2n) is 5.68. The number of hydrogen-bond donors (Lipinski definition) is 1. The van der Waals surface area contributed by atoms with Crippen LogP contribution in [0.3, 0.4) is 0 Å². The van der Waals surface area contributed by atoms with Gasteiger partial charge in [-0.1, -0.05) is 6.07 Å². The zero-order valence-electron chi connectivity index (χ0n) is 12.1. The Bertz CT molecular complexity index is 629. The molecule has 0 radical (unpaired) electrons. The van der Waals surface area contributed by atoms with Crippen molar-refractivity contribution < 1.29 is 27.5 Å². The van der Waals surface area contributed by atoms with E-state index in [0.29, 0.717) is 0 Å². The molecule has 1 saturated heterocycles. The number of rotatable bonds is 4. The van der Waals surface area contributed by atoms with Crippen LogP contribution in [-0.2, 0) is 15.7 Å². The highest BCUT2D eigenvalue weighted by Gasteiger charge is 2.36. The first-order valence-electron chi connectivity index (χ1n) is 7.28. The molecule has 0 aromatic heterocycles. The summed E-state index contributed by atoms with van der Waals surface area (Å²) in [4.78, 5) is 24.5. The maximum absolute atomic E-state index is 12.7. The third-order valence-corrected chi connectivity index (χ3v) is 3.81. The van der Waals surface area contributed by atoms with Crippen molar-refractivity contribution in [1.29, 1.82) is 0 Å². The molecule has 2 aliphatic rings. The van der Waals surface area contributed by atoms with E-state index in [1.165, 1.54) is 12.1 Å². The summed E-state index contributed by atoms with van der Waals surface area (Å²) in [6.45, 7) is 0.266. The summed E-state index contributed by atoms with van der Waals surface area (Å²) < 4.78 is 43.3.